The topological polar surface area (TPSA) is 66.0 Å². The molecule has 1 aromatic rings. The van der Waals surface area contributed by atoms with Crippen molar-refractivity contribution in [3.63, 3.8) is 0 Å². The van der Waals surface area contributed by atoms with E-state index in [2.05, 4.69) is 5.32 Å². The molecule has 2 heterocycles. The summed E-state index contributed by atoms with van der Waals surface area (Å²) in [5, 5.41) is 2.81. The first-order valence-corrected chi connectivity index (χ1v) is 11.6. The van der Waals surface area contributed by atoms with Crippen molar-refractivity contribution in [2.24, 2.45) is 5.92 Å². The number of carbonyl (C=O) groups excluding carboxylic acids is 1. The molecule has 190 valence electrons. The van der Waals surface area contributed by atoms with E-state index < -0.39 is 47.3 Å². The summed E-state index contributed by atoms with van der Waals surface area (Å²) in [6.45, 7) is 14.8. The third-order valence-electron chi connectivity index (χ3n) is 6.64. The molecule has 6 nitrogen and oxygen atoms in total. The van der Waals surface area contributed by atoms with Gasteiger partial charge in [0, 0.05) is 6.42 Å². The maximum atomic E-state index is 14.0. The monoisotopic (exact) mass is 485 g/mol. The number of alkyl carbamates (subject to hydrolysis) is 1. The molecular weight excluding hydrogens is 450 g/mol. The van der Waals surface area contributed by atoms with E-state index in [0.717, 1.165) is 6.07 Å². The van der Waals surface area contributed by atoms with Gasteiger partial charge in [0.05, 0.1) is 22.3 Å². The van der Waals surface area contributed by atoms with E-state index in [4.69, 9.17) is 18.8 Å². The number of ether oxygens (including phenoxy) is 2. The van der Waals surface area contributed by atoms with E-state index in [1.165, 1.54) is 12.1 Å². The molecule has 2 aliphatic heterocycles. The lowest BCUT2D eigenvalue weighted by atomic mass is 9.78. The predicted octanol–water partition coefficient (Wildman–Crippen LogP) is 5.08. The van der Waals surface area contributed by atoms with Crippen LogP contribution in [-0.2, 0) is 20.2 Å². The molecule has 0 spiro atoms. The van der Waals surface area contributed by atoms with Gasteiger partial charge in [-0.2, -0.15) is 13.2 Å². The summed E-state index contributed by atoms with van der Waals surface area (Å²) in [6.07, 6.45) is -4.33. The molecule has 3 rings (SSSR count). The number of hydrogen-bond acceptors (Lipinski definition) is 5. The van der Waals surface area contributed by atoms with Gasteiger partial charge in [-0.05, 0) is 71.5 Å². The van der Waals surface area contributed by atoms with Gasteiger partial charge < -0.3 is 24.1 Å². The Morgan fingerprint density at radius 3 is 2.18 bits per heavy atom. The smallest absolute Gasteiger partial charge is 0.491 e. The molecule has 0 aromatic heterocycles. The fourth-order valence-electron chi connectivity index (χ4n) is 4.68. The Morgan fingerprint density at radius 2 is 1.68 bits per heavy atom. The minimum atomic E-state index is -4.65. The second kappa shape index (κ2) is 8.62. The average molecular weight is 485 g/mol. The predicted molar refractivity (Wildman–Crippen MR) is 123 cm³/mol. The fourth-order valence-corrected chi connectivity index (χ4v) is 4.68. The van der Waals surface area contributed by atoms with Crippen LogP contribution in [0.5, 0.6) is 5.75 Å². The molecule has 10 heteroatoms. The van der Waals surface area contributed by atoms with Crippen LogP contribution in [0.4, 0.5) is 18.0 Å². The summed E-state index contributed by atoms with van der Waals surface area (Å²) in [4.78, 5) is 12.2. The molecule has 2 aliphatic rings. The highest BCUT2D eigenvalue weighted by atomic mass is 19.4. The molecule has 1 atom stereocenters. The van der Waals surface area contributed by atoms with Crippen molar-refractivity contribution in [2.75, 3.05) is 6.61 Å². The van der Waals surface area contributed by atoms with E-state index >= 15 is 0 Å². The highest BCUT2D eigenvalue weighted by Gasteiger charge is 2.52. The lowest BCUT2D eigenvalue weighted by molar-refractivity contribution is -0.139. The van der Waals surface area contributed by atoms with E-state index in [1.807, 2.05) is 41.5 Å². The first kappa shape index (κ1) is 26.7. The Bertz CT molecular complexity index is 916. The number of alkyl halides is 3. The average Bonchev–Trinajstić information content (AvgIpc) is 2.84. The fraction of sp³-hybridized carbons (Fsp3) is 0.708. The molecule has 2 fully saturated rings. The van der Waals surface area contributed by atoms with Gasteiger partial charge in [0.1, 0.15) is 18.0 Å². The Balaban J connectivity index is 1.90. The molecule has 0 unspecified atom stereocenters. The second-order valence-electron chi connectivity index (χ2n) is 11.5. The molecule has 0 saturated carbocycles. The van der Waals surface area contributed by atoms with Crippen molar-refractivity contribution >= 4 is 18.7 Å². The summed E-state index contributed by atoms with van der Waals surface area (Å²) in [5.74, 6) is -0.139. The van der Waals surface area contributed by atoms with Crippen molar-refractivity contribution in [3.8, 4) is 5.75 Å². The Hall–Kier alpha value is -1.94. The summed E-state index contributed by atoms with van der Waals surface area (Å²) in [7, 11) is -0.928. The minimum absolute atomic E-state index is 0.122. The summed E-state index contributed by atoms with van der Waals surface area (Å²) >= 11 is 0. The third kappa shape index (κ3) is 5.65. The number of halogens is 3. The molecule has 34 heavy (non-hydrogen) atoms. The molecule has 1 amide bonds. The van der Waals surface area contributed by atoms with Crippen LogP contribution in [0.1, 0.15) is 73.8 Å². The molecule has 0 aliphatic carbocycles. The lowest BCUT2D eigenvalue weighted by Crippen LogP contribution is -2.62. The Morgan fingerprint density at radius 1 is 1.09 bits per heavy atom. The van der Waals surface area contributed by atoms with Crippen molar-refractivity contribution < 1.29 is 36.7 Å². The van der Waals surface area contributed by atoms with E-state index in [-0.39, 0.29) is 23.7 Å². The number of amides is 1. The second-order valence-corrected chi connectivity index (χ2v) is 11.5. The van der Waals surface area contributed by atoms with Crippen molar-refractivity contribution in [1.29, 1.82) is 0 Å². The van der Waals surface area contributed by atoms with Crippen LogP contribution in [-0.4, -0.2) is 42.2 Å². The number of hydrogen-bond donors (Lipinski definition) is 1. The molecule has 1 aromatic carbocycles. The van der Waals surface area contributed by atoms with Gasteiger partial charge in [0.15, 0.2) is 0 Å². The molecular formula is C24H35BF3NO5. The highest BCUT2D eigenvalue weighted by molar-refractivity contribution is 6.62. The number of cyclic esters (lactones) is 1. The maximum absolute atomic E-state index is 14.0. The maximum Gasteiger partial charge on any atom is 0.494 e. The van der Waals surface area contributed by atoms with Gasteiger partial charge in [-0.1, -0.05) is 19.9 Å². The largest absolute Gasteiger partial charge is 0.494 e. The van der Waals surface area contributed by atoms with Crippen LogP contribution in [0, 0.1) is 5.92 Å². The van der Waals surface area contributed by atoms with Gasteiger partial charge in [0.2, 0.25) is 0 Å². The lowest BCUT2D eigenvalue weighted by Gasteiger charge is -2.45. The standard InChI is InChI=1S/C24H35BF3NO5/c1-15(2)12-23(13-20(3,4)32-19(30)29-23)14-31-18-10-9-16(11-17(18)24(26,27)28)25-33-21(5,6)22(7,8)34-25/h9-11,15H,12-14H2,1-8H3,(H,29,30)/t23-/m1/s1. The minimum Gasteiger partial charge on any atom is -0.491 e. The summed E-state index contributed by atoms with van der Waals surface area (Å²) in [5.41, 5.74) is -3.65. The number of rotatable bonds is 6. The van der Waals surface area contributed by atoms with Crippen LogP contribution in [0.15, 0.2) is 18.2 Å². The van der Waals surface area contributed by atoms with Crippen LogP contribution < -0.4 is 15.5 Å². The number of carbonyl (C=O) groups is 1. The first-order chi connectivity index (χ1) is 15.3. The van der Waals surface area contributed by atoms with Crippen molar-refractivity contribution in [2.45, 2.75) is 96.7 Å². The van der Waals surface area contributed by atoms with Crippen LogP contribution in [0.3, 0.4) is 0 Å². The first-order valence-electron chi connectivity index (χ1n) is 11.6. The summed E-state index contributed by atoms with van der Waals surface area (Å²) in [6, 6.07) is 3.83. The van der Waals surface area contributed by atoms with Crippen LogP contribution >= 0.6 is 0 Å². The zero-order chi connectivity index (χ0) is 25.7. The highest BCUT2D eigenvalue weighted by Crippen LogP contribution is 2.40. The van der Waals surface area contributed by atoms with Crippen LogP contribution in [0.2, 0.25) is 0 Å². The van der Waals surface area contributed by atoms with Gasteiger partial charge in [-0.15, -0.1) is 0 Å². The third-order valence-corrected chi connectivity index (χ3v) is 6.64. The zero-order valence-corrected chi connectivity index (χ0v) is 21.2. The molecule has 2 saturated heterocycles. The molecule has 1 N–H and O–H groups in total. The zero-order valence-electron chi connectivity index (χ0n) is 21.2. The van der Waals surface area contributed by atoms with Crippen LogP contribution in [0.25, 0.3) is 0 Å². The van der Waals surface area contributed by atoms with Gasteiger partial charge in [-0.3, -0.25) is 0 Å². The Kier molecular flexibility index (Phi) is 6.76. The van der Waals surface area contributed by atoms with Crippen molar-refractivity contribution in [3.05, 3.63) is 23.8 Å². The molecule has 0 radical (unpaired) electrons. The van der Waals surface area contributed by atoms with Gasteiger partial charge >= 0.3 is 19.4 Å². The van der Waals surface area contributed by atoms with E-state index in [0.29, 0.717) is 12.8 Å². The Labute approximate surface area is 200 Å². The molecule has 0 bridgehead atoms. The number of nitrogens with one attached hydrogen (secondary N) is 1. The quantitative estimate of drug-likeness (QED) is 0.570. The van der Waals surface area contributed by atoms with Gasteiger partial charge in [-0.25, -0.2) is 4.79 Å². The normalized spacial score (nSPS) is 25.8. The summed E-state index contributed by atoms with van der Waals surface area (Å²) < 4.78 is 65.0. The van der Waals surface area contributed by atoms with E-state index in [1.54, 1.807) is 13.8 Å². The van der Waals surface area contributed by atoms with E-state index in [9.17, 15) is 18.0 Å². The van der Waals surface area contributed by atoms with Gasteiger partial charge in [0.25, 0.3) is 0 Å². The van der Waals surface area contributed by atoms with Crippen molar-refractivity contribution in [1.82, 2.24) is 5.32 Å². The SMILES string of the molecule is CC(C)C[C@]1(COc2ccc(B3OC(C)(C)C(C)(C)O3)cc2C(F)(F)F)CC(C)(C)OC(=O)N1. The number of benzene rings is 1.